The first-order valence-electron chi connectivity index (χ1n) is 4.73. The maximum absolute atomic E-state index is 5.51. The highest BCUT2D eigenvalue weighted by Gasteiger charge is 2.04. The molecule has 0 atom stereocenters. The van der Waals surface area contributed by atoms with Gasteiger partial charge in [-0.3, -0.25) is 4.98 Å². The third-order valence-corrected chi connectivity index (χ3v) is 2.08. The van der Waals surface area contributed by atoms with Crippen molar-refractivity contribution in [1.29, 1.82) is 0 Å². The molecule has 4 heteroatoms. The molecule has 78 valence electrons. The molecule has 1 aromatic heterocycles. The fourth-order valence-electron chi connectivity index (χ4n) is 1.32. The minimum absolute atomic E-state index is 0.458. The first-order chi connectivity index (χ1) is 6.81. The van der Waals surface area contributed by atoms with Crippen LogP contribution in [0.25, 0.3) is 0 Å². The minimum atomic E-state index is 0.458. The van der Waals surface area contributed by atoms with Crippen LogP contribution in [-0.2, 0) is 13.0 Å². The summed E-state index contributed by atoms with van der Waals surface area (Å²) in [7, 11) is 1.64. The van der Waals surface area contributed by atoms with Crippen LogP contribution in [-0.4, -0.2) is 18.6 Å². The van der Waals surface area contributed by atoms with Crippen molar-refractivity contribution in [3.63, 3.8) is 0 Å². The summed E-state index contributed by atoms with van der Waals surface area (Å²) in [6.45, 7) is 1.14. The first-order valence-corrected chi connectivity index (χ1v) is 4.73. The van der Waals surface area contributed by atoms with Crippen molar-refractivity contribution in [2.24, 2.45) is 11.5 Å². The second-order valence-corrected chi connectivity index (χ2v) is 3.08. The molecule has 0 bridgehead atoms. The zero-order valence-corrected chi connectivity index (χ0v) is 8.49. The predicted molar refractivity (Wildman–Crippen MR) is 56.1 cm³/mol. The molecule has 14 heavy (non-hydrogen) atoms. The van der Waals surface area contributed by atoms with E-state index in [1.165, 1.54) is 0 Å². The van der Waals surface area contributed by atoms with Crippen LogP contribution in [0.1, 0.15) is 17.7 Å². The zero-order chi connectivity index (χ0) is 10.4. The molecule has 1 heterocycles. The van der Waals surface area contributed by atoms with Crippen LogP contribution in [0.4, 0.5) is 0 Å². The average molecular weight is 195 g/mol. The van der Waals surface area contributed by atoms with Crippen LogP contribution in [0.15, 0.2) is 12.3 Å². The molecule has 1 aromatic rings. The Balaban J connectivity index is 2.84. The van der Waals surface area contributed by atoms with Crippen molar-refractivity contribution in [2.45, 2.75) is 19.4 Å². The van der Waals surface area contributed by atoms with Crippen LogP contribution in [0.5, 0.6) is 5.75 Å². The standard InChI is InChI=1S/C10H17N3O/c1-14-10-7-13-9(6-12)5-8(10)3-2-4-11/h5,7H,2-4,6,11-12H2,1H3. The molecular weight excluding hydrogens is 178 g/mol. The Morgan fingerprint density at radius 2 is 2.21 bits per heavy atom. The van der Waals surface area contributed by atoms with Crippen molar-refractivity contribution >= 4 is 0 Å². The van der Waals surface area contributed by atoms with Crippen molar-refractivity contribution in [3.8, 4) is 5.75 Å². The molecule has 0 aromatic carbocycles. The minimum Gasteiger partial charge on any atom is -0.495 e. The lowest BCUT2D eigenvalue weighted by Gasteiger charge is -2.08. The summed E-state index contributed by atoms with van der Waals surface area (Å²) < 4.78 is 5.20. The maximum atomic E-state index is 5.51. The molecule has 0 amide bonds. The van der Waals surface area contributed by atoms with Crippen molar-refractivity contribution < 1.29 is 4.74 Å². The van der Waals surface area contributed by atoms with Crippen LogP contribution in [0, 0.1) is 0 Å². The number of hydrogen-bond donors (Lipinski definition) is 2. The normalized spacial score (nSPS) is 10.2. The summed E-state index contributed by atoms with van der Waals surface area (Å²) in [5.74, 6) is 0.815. The topological polar surface area (TPSA) is 74.2 Å². The molecular formula is C10H17N3O. The maximum Gasteiger partial charge on any atom is 0.140 e. The Morgan fingerprint density at radius 1 is 1.43 bits per heavy atom. The van der Waals surface area contributed by atoms with E-state index >= 15 is 0 Å². The van der Waals surface area contributed by atoms with Gasteiger partial charge in [-0.15, -0.1) is 0 Å². The lowest BCUT2D eigenvalue weighted by molar-refractivity contribution is 0.407. The van der Waals surface area contributed by atoms with Gasteiger partial charge in [0, 0.05) is 6.54 Å². The Kier molecular flexibility index (Phi) is 4.35. The lowest BCUT2D eigenvalue weighted by atomic mass is 10.1. The lowest BCUT2D eigenvalue weighted by Crippen LogP contribution is -2.05. The van der Waals surface area contributed by atoms with E-state index in [1.54, 1.807) is 13.3 Å². The van der Waals surface area contributed by atoms with Gasteiger partial charge >= 0.3 is 0 Å². The summed E-state index contributed by atoms with van der Waals surface area (Å²) in [6, 6.07) is 1.98. The number of nitrogens with two attached hydrogens (primary N) is 2. The highest BCUT2D eigenvalue weighted by Crippen LogP contribution is 2.18. The molecule has 0 aliphatic heterocycles. The molecule has 4 nitrogen and oxygen atoms in total. The van der Waals surface area contributed by atoms with E-state index in [2.05, 4.69) is 4.98 Å². The van der Waals surface area contributed by atoms with E-state index in [9.17, 15) is 0 Å². The average Bonchev–Trinajstić information content (AvgIpc) is 2.25. The largest absolute Gasteiger partial charge is 0.495 e. The summed E-state index contributed by atoms with van der Waals surface area (Å²) in [5.41, 5.74) is 13.0. The van der Waals surface area contributed by atoms with Crippen LogP contribution in [0.2, 0.25) is 0 Å². The summed E-state index contributed by atoms with van der Waals surface area (Å²) >= 11 is 0. The van der Waals surface area contributed by atoms with Crippen molar-refractivity contribution in [1.82, 2.24) is 4.98 Å². The molecule has 0 saturated carbocycles. The molecule has 1 rings (SSSR count). The van der Waals surface area contributed by atoms with E-state index in [0.29, 0.717) is 13.1 Å². The van der Waals surface area contributed by atoms with Gasteiger partial charge in [0.1, 0.15) is 5.75 Å². The second kappa shape index (κ2) is 5.57. The summed E-state index contributed by atoms with van der Waals surface area (Å²) in [5, 5.41) is 0. The zero-order valence-electron chi connectivity index (χ0n) is 8.49. The fourth-order valence-corrected chi connectivity index (χ4v) is 1.32. The smallest absolute Gasteiger partial charge is 0.140 e. The Bertz CT molecular complexity index is 289. The third kappa shape index (κ3) is 2.68. The SMILES string of the molecule is COc1cnc(CN)cc1CCCN. The molecule has 0 fully saturated rings. The highest BCUT2D eigenvalue weighted by atomic mass is 16.5. The molecule has 0 saturated heterocycles. The Hall–Kier alpha value is -1.13. The Morgan fingerprint density at radius 3 is 2.79 bits per heavy atom. The van der Waals surface area contributed by atoms with Gasteiger partial charge in [0.25, 0.3) is 0 Å². The number of methoxy groups -OCH3 is 1. The van der Waals surface area contributed by atoms with Crippen molar-refractivity contribution in [2.75, 3.05) is 13.7 Å². The number of ether oxygens (including phenoxy) is 1. The number of pyridine rings is 1. The number of rotatable bonds is 5. The number of aryl methyl sites for hydroxylation is 1. The van der Waals surface area contributed by atoms with Gasteiger partial charge in [-0.25, -0.2) is 0 Å². The summed E-state index contributed by atoms with van der Waals surface area (Å²) in [6.07, 6.45) is 3.58. The van der Waals surface area contributed by atoms with E-state index < -0.39 is 0 Å². The second-order valence-electron chi connectivity index (χ2n) is 3.08. The van der Waals surface area contributed by atoms with Gasteiger partial charge in [-0.05, 0) is 31.0 Å². The van der Waals surface area contributed by atoms with Gasteiger partial charge in [0.2, 0.25) is 0 Å². The van der Waals surface area contributed by atoms with Gasteiger partial charge in [0.05, 0.1) is 19.0 Å². The van der Waals surface area contributed by atoms with E-state index in [0.717, 1.165) is 29.8 Å². The molecule has 0 spiro atoms. The highest BCUT2D eigenvalue weighted by molar-refractivity contribution is 5.32. The van der Waals surface area contributed by atoms with E-state index in [-0.39, 0.29) is 0 Å². The monoisotopic (exact) mass is 195 g/mol. The fraction of sp³-hybridized carbons (Fsp3) is 0.500. The molecule has 0 radical (unpaired) electrons. The molecule has 0 unspecified atom stereocenters. The van der Waals surface area contributed by atoms with Crippen LogP contribution >= 0.6 is 0 Å². The van der Waals surface area contributed by atoms with Crippen LogP contribution in [0.3, 0.4) is 0 Å². The summed E-state index contributed by atoms with van der Waals surface area (Å²) in [4.78, 5) is 4.16. The number of aromatic nitrogens is 1. The van der Waals surface area contributed by atoms with Gasteiger partial charge < -0.3 is 16.2 Å². The van der Waals surface area contributed by atoms with Crippen LogP contribution < -0.4 is 16.2 Å². The quantitative estimate of drug-likeness (QED) is 0.715. The predicted octanol–water partition coefficient (Wildman–Crippen LogP) is 0.440. The van der Waals surface area contributed by atoms with Gasteiger partial charge in [-0.1, -0.05) is 0 Å². The van der Waals surface area contributed by atoms with E-state index in [1.807, 2.05) is 6.07 Å². The Labute approximate surface area is 84.3 Å². The third-order valence-electron chi connectivity index (χ3n) is 2.08. The molecule has 0 aliphatic rings. The molecule has 4 N–H and O–H groups in total. The first kappa shape index (κ1) is 10.9. The van der Waals surface area contributed by atoms with Gasteiger partial charge in [0.15, 0.2) is 0 Å². The van der Waals surface area contributed by atoms with E-state index in [4.69, 9.17) is 16.2 Å². The van der Waals surface area contributed by atoms with Crippen molar-refractivity contribution in [3.05, 3.63) is 23.5 Å². The van der Waals surface area contributed by atoms with Gasteiger partial charge in [-0.2, -0.15) is 0 Å². The molecule has 0 aliphatic carbocycles. The number of hydrogen-bond acceptors (Lipinski definition) is 4. The number of nitrogens with zero attached hydrogens (tertiary/aromatic N) is 1.